The summed E-state index contributed by atoms with van der Waals surface area (Å²) in [5.74, 6) is -2.30. The molecule has 0 fully saturated rings. The maximum absolute atomic E-state index is 11.8. The molecule has 0 saturated carbocycles. The summed E-state index contributed by atoms with van der Waals surface area (Å²) in [4.78, 5) is 23.6. The number of carboxylic acid groups (broad SMARTS) is 2. The van der Waals surface area contributed by atoms with E-state index in [9.17, 15) is 19.8 Å². The Morgan fingerprint density at radius 1 is 0.552 bits per heavy atom. The molecule has 0 bridgehead atoms. The smallest absolute Gasteiger partial charge is 1.00 e. The molecule has 0 aromatic rings. The maximum Gasteiger partial charge on any atom is 1.00 e. The summed E-state index contributed by atoms with van der Waals surface area (Å²) in [5, 5.41) is 19.3. The van der Waals surface area contributed by atoms with Crippen LogP contribution in [0.2, 0.25) is 0 Å². The normalized spacial score (nSPS) is 11.2. The predicted octanol–water partition coefficient (Wildman–Crippen LogP) is 4.71. The fraction of sp³-hybridized carbons (Fsp3) is 0.917. The fourth-order valence-corrected chi connectivity index (χ4v) is 3.94. The van der Waals surface area contributed by atoms with Crippen LogP contribution in [0.25, 0.3) is 0 Å². The fourth-order valence-electron chi connectivity index (χ4n) is 3.94. The van der Waals surface area contributed by atoms with E-state index in [-0.39, 0.29) is 43.8 Å². The van der Waals surface area contributed by atoms with Crippen LogP contribution in [0, 0.1) is 5.41 Å². The van der Waals surface area contributed by atoms with E-state index in [0.29, 0.717) is 12.8 Å². The number of carboxylic acids is 2. The van der Waals surface area contributed by atoms with Crippen LogP contribution in [-0.4, -0.2) is 22.2 Å². The first kappa shape index (κ1) is 31.1. The second-order valence-corrected chi connectivity index (χ2v) is 8.50. The van der Waals surface area contributed by atoms with Crippen LogP contribution in [0.5, 0.6) is 0 Å². The third-order valence-corrected chi connectivity index (χ3v) is 5.98. The van der Waals surface area contributed by atoms with Crippen molar-refractivity contribution in [3.63, 3.8) is 0 Å². The molecule has 0 aliphatic rings. The standard InChI is InChI=1S/C24H46O4.Na.H/c1-3-5-7-9-11-12-13-15-17-19-21-24(22(25)26,23(27)28)20-18-16-14-10-8-6-4-2;;/h3-21H2,1-2H3,(H,25,26)(H,27,28);;/q;+1;-1. The Morgan fingerprint density at radius 2 is 0.793 bits per heavy atom. The number of hydrogen-bond donors (Lipinski definition) is 2. The summed E-state index contributed by atoms with van der Waals surface area (Å²) in [6, 6.07) is 0. The van der Waals surface area contributed by atoms with Gasteiger partial charge >= 0.3 is 41.5 Å². The molecule has 5 heteroatoms. The van der Waals surface area contributed by atoms with E-state index in [4.69, 9.17) is 0 Å². The van der Waals surface area contributed by atoms with Gasteiger partial charge in [0.25, 0.3) is 0 Å². The summed E-state index contributed by atoms with van der Waals surface area (Å²) < 4.78 is 0. The van der Waals surface area contributed by atoms with Crippen molar-refractivity contribution < 1.29 is 50.8 Å². The Balaban J connectivity index is -0.00000364. The van der Waals surface area contributed by atoms with Crippen molar-refractivity contribution in [1.29, 1.82) is 0 Å². The van der Waals surface area contributed by atoms with Gasteiger partial charge in [0.1, 0.15) is 0 Å². The van der Waals surface area contributed by atoms with Gasteiger partial charge in [-0.1, -0.05) is 123 Å². The summed E-state index contributed by atoms with van der Waals surface area (Å²) in [6.45, 7) is 4.41. The maximum atomic E-state index is 11.8. The first-order valence-electron chi connectivity index (χ1n) is 12.0. The van der Waals surface area contributed by atoms with Gasteiger partial charge in [0.2, 0.25) is 0 Å². The van der Waals surface area contributed by atoms with E-state index in [1.807, 2.05) is 0 Å². The molecule has 168 valence electrons. The summed E-state index contributed by atoms with van der Waals surface area (Å²) in [7, 11) is 0. The molecule has 2 N–H and O–H groups in total. The largest absolute Gasteiger partial charge is 1.00 e. The molecule has 0 rings (SSSR count). The van der Waals surface area contributed by atoms with Crippen LogP contribution in [0.1, 0.15) is 137 Å². The summed E-state index contributed by atoms with van der Waals surface area (Å²) in [5.41, 5.74) is -1.58. The molecule has 0 unspecified atom stereocenters. The van der Waals surface area contributed by atoms with Gasteiger partial charge in [-0.05, 0) is 12.8 Å². The number of hydrogen-bond acceptors (Lipinski definition) is 2. The van der Waals surface area contributed by atoms with E-state index >= 15 is 0 Å². The minimum atomic E-state index is -1.58. The van der Waals surface area contributed by atoms with Crippen LogP contribution in [0.15, 0.2) is 0 Å². The second kappa shape index (κ2) is 21.2. The number of aliphatic carboxylic acids is 2. The van der Waals surface area contributed by atoms with E-state index in [1.54, 1.807) is 0 Å². The molecule has 0 spiro atoms. The first-order chi connectivity index (χ1) is 13.5. The van der Waals surface area contributed by atoms with Gasteiger partial charge < -0.3 is 11.6 Å². The molecule has 0 aromatic heterocycles. The quantitative estimate of drug-likeness (QED) is 0.160. The van der Waals surface area contributed by atoms with Gasteiger partial charge in [0.05, 0.1) is 0 Å². The number of rotatable bonds is 21. The molecule has 4 nitrogen and oxygen atoms in total. The minimum absolute atomic E-state index is 0. The van der Waals surface area contributed by atoms with Gasteiger partial charge in [-0.25, -0.2) is 0 Å². The molecule has 0 amide bonds. The van der Waals surface area contributed by atoms with E-state index in [1.165, 1.54) is 70.6 Å². The monoisotopic (exact) mass is 422 g/mol. The van der Waals surface area contributed by atoms with Crippen molar-refractivity contribution in [1.82, 2.24) is 0 Å². The Morgan fingerprint density at radius 3 is 1.03 bits per heavy atom. The van der Waals surface area contributed by atoms with Crippen molar-refractivity contribution in [2.24, 2.45) is 5.41 Å². The van der Waals surface area contributed by atoms with Crippen molar-refractivity contribution in [2.45, 2.75) is 136 Å². The molecule has 0 aliphatic carbocycles. The van der Waals surface area contributed by atoms with E-state index in [2.05, 4.69) is 13.8 Å². The number of unbranched alkanes of at least 4 members (excludes halogenated alkanes) is 15. The van der Waals surface area contributed by atoms with Crippen LogP contribution >= 0.6 is 0 Å². The first-order valence-corrected chi connectivity index (χ1v) is 12.0. The molecule has 0 aromatic carbocycles. The van der Waals surface area contributed by atoms with Gasteiger partial charge in [-0.3, -0.25) is 9.59 Å². The minimum Gasteiger partial charge on any atom is -1.00 e. The topological polar surface area (TPSA) is 74.6 Å². The Bertz CT molecular complexity index is 391. The molecule has 0 heterocycles. The average molecular weight is 423 g/mol. The van der Waals surface area contributed by atoms with Crippen molar-refractivity contribution >= 4 is 11.9 Å². The molecular weight excluding hydrogens is 375 g/mol. The third-order valence-electron chi connectivity index (χ3n) is 5.98. The SMILES string of the molecule is CCCCCCCCCCCCC(CCCCCCCCC)(C(=O)O)C(=O)O.[H-].[Na+]. The predicted molar refractivity (Wildman–Crippen MR) is 118 cm³/mol. The van der Waals surface area contributed by atoms with Gasteiger partial charge in [-0.15, -0.1) is 0 Å². The molecule has 0 aliphatic heterocycles. The Hall–Kier alpha value is -0.0600. The van der Waals surface area contributed by atoms with Crippen molar-refractivity contribution in [2.75, 3.05) is 0 Å². The van der Waals surface area contributed by atoms with Gasteiger partial charge in [0.15, 0.2) is 5.41 Å². The Kier molecular flexibility index (Phi) is 22.7. The number of carbonyl (C=O) groups is 2. The van der Waals surface area contributed by atoms with Crippen LogP contribution in [-0.2, 0) is 9.59 Å². The molecule has 0 atom stereocenters. The summed E-state index contributed by atoms with van der Waals surface area (Å²) >= 11 is 0. The average Bonchev–Trinajstić information content (AvgIpc) is 2.66. The van der Waals surface area contributed by atoms with E-state index in [0.717, 1.165) is 25.7 Å². The zero-order valence-corrected chi connectivity index (χ0v) is 21.6. The second-order valence-electron chi connectivity index (χ2n) is 8.50. The van der Waals surface area contributed by atoms with Crippen LogP contribution in [0.3, 0.4) is 0 Å². The van der Waals surface area contributed by atoms with Gasteiger partial charge in [0, 0.05) is 0 Å². The zero-order valence-electron chi connectivity index (χ0n) is 20.6. The zero-order chi connectivity index (χ0) is 21.1. The molecule has 0 radical (unpaired) electrons. The molecule has 29 heavy (non-hydrogen) atoms. The third kappa shape index (κ3) is 15.4. The molecular formula is C24H47NaO4. The van der Waals surface area contributed by atoms with Crippen molar-refractivity contribution in [3.05, 3.63) is 0 Å². The van der Waals surface area contributed by atoms with Crippen LogP contribution < -0.4 is 29.6 Å². The summed E-state index contributed by atoms with van der Waals surface area (Å²) in [6.07, 6.45) is 19.7. The van der Waals surface area contributed by atoms with Crippen LogP contribution in [0.4, 0.5) is 0 Å². The molecule has 0 saturated heterocycles. The van der Waals surface area contributed by atoms with Crippen molar-refractivity contribution in [3.8, 4) is 0 Å². The van der Waals surface area contributed by atoms with E-state index < -0.39 is 17.4 Å². The Labute approximate surface area is 203 Å². The van der Waals surface area contributed by atoms with Gasteiger partial charge in [-0.2, -0.15) is 0 Å².